The first-order valence-electron chi connectivity index (χ1n) is 6.30. The van der Waals surface area contributed by atoms with Crippen molar-refractivity contribution in [2.24, 2.45) is 5.73 Å². The Bertz CT molecular complexity index is 348. The van der Waals surface area contributed by atoms with Crippen LogP contribution in [0.3, 0.4) is 0 Å². The highest BCUT2D eigenvalue weighted by Crippen LogP contribution is 2.19. The highest BCUT2D eigenvalue weighted by atomic mass is 16.5. The second-order valence-electron chi connectivity index (χ2n) is 4.48. The van der Waals surface area contributed by atoms with Gasteiger partial charge >= 0.3 is 0 Å². The van der Waals surface area contributed by atoms with E-state index in [1.807, 2.05) is 13.0 Å². The number of nitrogens with zero attached hydrogens (tertiary/aromatic N) is 2. The third-order valence-electron chi connectivity index (χ3n) is 3.11. The number of anilines is 1. The van der Waals surface area contributed by atoms with Gasteiger partial charge < -0.3 is 15.4 Å². The van der Waals surface area contributed by atoms with Crippen LogP contribution >= 0.6 is 0 Å². The maximum Gasteiger partial charge on any atom is 0.128 e. The molecule has 17 heavy (non-hydrogen) atoms. The van der Waals surface area contributed by atoms with Crippen LogP contribution in [0.15, 0.2) is 18.2 Å². The van der Waals surface area contributed by atoms with Gasteiger partial charge in [-0.3, -0.25) is 0 Å². The van der Waals surface area contributed by atoms with Crippen molar-refractivity contribution in [1.29, 1.82) is 0 Å². The summed E-state index contributed by atoms with van der Waals surface area (Å²) in [5.41, 5.74) is 6.51. The summed E-state index contributed by atoms with van der Waals surface area (Å²) in [6.07, 6.45) is 2.50. The Morgan fingerprint density at radius 2 is 2.18 bits per heavy atom. The molecule has 1 fully saturated rings. The van der Waals surface area contributed by atoms with Gasteiger partial charge in [0.1, 0.15) is 5.82 Å². The fourth-order valence-electron chi connectivity index (χ4n) is 2.19. The third kappa shape index (κ3) is 3.41. The molecule has 1 aliphatic rings. The zero-order valence-corrected chi connectivity index (χ0v) is 10.4. The molecule has 2 heterocycles. The van der Waals surface area contributed by atoms with Crippen LogP contribution in [-0.4, -0.2) is 37.3 Å². The summed E-state index contributed by atoms with van der Waals surface area (Å²) >= 11 is 0. The fraction of sp³-hybridized carbons (Fsp3) is 0.615. The highest BCUT2D eigenvalue weighted by Gasteiger charge is 2.20. The number of hydrogen-bond acceptors (Lipinski definition) is 4. The maximum atomic E-state index is 5.67. The van der Waals surface area contributed by atoms with E-state index in [4.69, 9.17) is 10.5 Å². The number of aromatic nitrogens is 1. The van der Waals surface area contributed by atoms with Crippen molar-refractivity contribution < 1.29 is 4.74 Å². The number of aryl methyl sites for hydroxylation is 1. The second kappa shape index (κ2) is 5.98. The standard InChI is InChI=1S/C13H21N3O/c1-11-3-2-4-13(15-11)16-8-5-12(6-9-16)17-10-7-14/h2-4,12H,5-10,14H2,1H3. The summed E-state index contributed by atoms with van der Waals surface area (Å²) in [7, 11) is 0. The van der Waals surface area contributed by atoms with E-state index in [1.54, 1.807) is 0 Å². The normalized spacial score (nSPS) is 17.4. The van der Waals surface area contributed by atoms with E-state index in [9.17, 15) is 0 Å². The lowest BCUT2D eigenvalue weighted by atomic mass is 10.1. The average Bonchev–Trinajstić information content (AvgIpc) is 2.37. The van der Waals surface area contributed by atoms with Gasteiger partial charge in [0.25, 0.3) is 0 Å². The molecule has 1 aliphatic heterocycles. The van der Waals surface area contributed by atoms with Crippen LogP contribution in [0.1, 0.15) is 18.5 Å². The van der Waals surface area contributed by atoms with Crippen molar-refractivity contribution >= 4 is 5.82 Å². The summed E-state index contributed by atoms with van der Waals surface area (Å²) in [5.74, 6) is 1.09. The molecule has 1 aromatic heterocycles. The van der Waals surface area contributed by atoms with Crippen molar-refractivity contribution in [3.8, 4) is 0 Å². The molecule has 0 aromatic carbocycles. The van der Waals surface area contributed by atoms with Crippen LogP contribution in [0, 0.1) is 6.92 Å². The van der Waals surface area contributed by atoms with Gasteiger partial charge in [-0.1, -0.05) is 6.07 Å². The van der Waals surface area contributed by atoms with Gasteiger partial charge in [0.15, 0.2) is 0 Å². The van der Waals surface area contributed by atoms with Gasteiger partial charge in [0.05, 0.1) is 12.7 Å². The molecule has 4 heteroatoms. The first kappa shape index (κ1) is 12.3. The van der Waals surface area contributed by atoms with E-state index < -0.39 is 0 Å². The Kier molecular flexibility index (Phi) is 4.34. The van der Waals surface area contributed by atoms with Crippen LogP contribution in [0.4, 0.5) is 5.82 Å². The number of piperidine rings is 1. The largest absolute Gasteiger partial charge is 0.377 e. The van der Waals surface area contributed by atoms with Crippen molar-refractivity contribution in [1.82, 2.24) is 4.98 Å². The topological polar surface area (TPSA) is 51.4 Å². The molecule has 0 aliphatic carbocycles. The SMILES string of the molecule is Cc1cccc(N2CCC(OCCN)CC2)n1. The second-order valence-corrected chi connectivity index (χ2v) is 4.48. The molecule has 0 unspecified atom stereocenters. The molecular weight excluding hydrogens is 214 g/mol. The molecule has 1 aromatic rings. The Hall–Kier alpha value is -1.13. The smallest absolute Gasteiger partial charge is 0.128 e. The Morgan fingerprint density at radius 3 is 2.82 bits per heavy atom. The molecule has 94 valence electrons. The van der Waals surface area contributed by atoms with Crippen LogP contribution in [0.25, 0.3) is 0 Å². The molecule has 2 N–H and O–H groups in total. The summed E-state index contributed by atoms with van der Waals surface area (Å²) in [6.45, 7) is 5.35. The molecule has 0 amide bonds. The molecule has 0 radical (unpaired) electrons. The number of rotatable bonds is 4. The van der Waals surface area contributed by atoms with Crippen molar-refractivity contribution in [3.63, 3.8) is 0 Å². The average molecular weight is 235 g/mol. The van der Waals surface area contributed by atoms with Crippen LogP contribution in [0.2, 0.25) is 0 Å². The molecule has 0 bridgehead atoms. The summed E-state index contributed by atoms with van der Waals surface area (Å²) in [5, 5.41) is 0. The molecule has 2 rings (SSSR count). The van der Waals surface area contributed by atoms with E-state index >= 15 is 0 Å². The minimum absolute atomic E-state index is 0.375. The maximum absolute atomic E-state index is 5.67. The minimum Gasteiger partial charge on any atom is -0.377 e. The highest BCUT2D eigenvalue weighted by molar-refractivity contribution is 5.39. The van der Waals surface area contributed by atoms with Crippen LogP contribution < -0.4 is 10.6 Å². The summed E-state index contributed by atoms with van der Waals surface area (Å²) in [6, 6.07) is 6.17. The molecule has 4 nitrogen and oxygen atoms in total. The Morgan fingerprint density at radius 1 is 1.41 bits per heavy atom. The van der Waals surface area contributed by atoms with E-state index in [0.717, 1.165) is 37.4 Å². The number of nitrogens with two attached hydrogens (primary N) is 1. The lowest BCUT2D eigenvalue weighted by Gasteiger charge is -2.32. The van der Waals surface area contributed by atoms with Gasteiger partial charge in [0, 0.05) is 25.3 Å². The minimum atomic E-state index is 0.375. The predicted octanol–water partition coefficient (Wildman–Crippen LogP) is 1.33. The molecule has 0 atom stereocenters. The van der Waals surface area contributed by atoms with Crippen LogP contribution in [-0.2, 0) is 4.74 Å². The summed E-state index contributed by atoms with van der Waals surface area (Å²) in [4.78, 5) is 6.88. The lowest BCUT2D eigenvalue weighted by Crippen LogP contribution is -2.38. The summed E-state index contributed by atoms with van der Waals surface area (Å²) < 4.78 is 5.67. The van der Waals surface area contributed by atoms with E-state index in [1.165, 1.54) is 0 Å². The fourth-order valence-corrected chi connectivity index (χ4v) is 2.19. The van der Waals surface area contributed by atoms with Gasteiger partial charge in [-0.05, 0) is 31.9 Å². The van der Waals surface area contributed by atoms with Crippen LogP contribution in [0.5, 0.6) is 0 Å². The van der Waals surface area contributed by atoms with Crippen molar-refractivity contribution in [2.75, 3.05) is 31.1 Å². The monoisotopic (exact) mass is 235 g/mol. The van der Waals surface area contributed by atoms with E-state index in [2.05, 4.69) is 22.0 Å². The van der Waals surface area contributed by atoms with Crippen molar-refractivity contribution in [2.45, 2.75) is 25.9 Å². The van der Waals surface area contributed by atoms with E-state index in [0.29, 0.717) is 19.3 Å². The molecule has 1 saturated heterocycles. The van der Waals surface area contributed by atoms with Gasteiger partial charge in [0.2, 0.25) is 0 Å². The first-order valence-corrected chi connectivity index (χ1v) is 6.30. The van der Waals surface area contributed by atoms with Gasteiger partial charge in [-0.15, -0.1) is 0 Å². The Balaban J connectivity index is 1.86. The lowest BCUT2D eigenvalue weighted by molar-refractivity contribution is 0.0421. The molecule has 0 spiro atoms. The number of hydrogen-bond donors (Lipinski definition) is 1. The molecule has 0 saturated carbocycles. The van der Waals surface area contributed by atoms with Crippen molar-refractivity contribution in [3.05, 3.63) is 23.9 Å². The van der Waals surface area contributed by atoms with Gasteiger partial charge in [-0.2, -0.15) is 0 Å². The first-order chi connectivity index (χ1) is 8.29. The quantitative estimate of drug-likeness (QED) is 0.855. The zero-order chi connectivity index (χ0) is 12.1. The van der Waals surface area contributed by atoms with E-state index in [-0.39, 0.29) is 0 Å². The van der Waals surface area contributed by atoms with Gasteiger partial charge in [-0.25, -0.2) is 4.98 Å². The number of ether oxygens (including phenoxy) is 1. The predicted molar refractivity (Wildman–Crippen MR) is 69.2 cm³/mol. The zero-order valence-electron chi connectivity index (χ0n) is 10.4. The third-order valence-corrected chi connectivity index (χ3v) is 3.11. The Labute approximate surface area is 103 Å². The molecular formula is C13H21N3O. The number of pyridine rings is 1.